The first-order valence-electron chi connectivity index (χ1n) is 9.22. The summed E-state index contributed by atoms with van der Waals surface area (Å²) in [6, 6.07) is 7.17. The van der Waals surface area contributed by atoms with Gasteiger partial charge in [-0.25, -0.2) is 4.39 Å². The molecule has 3 nitrogen and oxygen atoms in total. The lowest BCUT2D eigenvalue weighted by Gasteiger charge is -2.42. The third-order valence-electron chi connectivity index (χ3n) is 5.91. The zero-order chi connectivity index (χ0) is 15.8. The predicted molar refractivity (Wildman–Crippen MR) is 92.3 cm³/mol. The summed E-state index contributed by atoms with van der Waals surface area (Å²) in [6.07, 6.45) is 5.03. The lowest BCUT2D eigenvalue weighted by Crippen LogP contribution is -2.54. The fraction of sp³-hybridized carbons (Fsp3) is 0.684. The SMILES string of the molecule is C[C@@H]1CN2CCC[C@H]2CN1Cc1ccc(N2CCCC2)c(F)c1. The van der Waals surface area contributed by atoms with E-state index in [0.717, 1.165) is 43.5 Å². The van der Waals surface area contributed by atoms with Gasteiger partial charge in [-0.3, -0.25) is 9.80 Å². The van der Waals surface area contributed by atoms with Gasteiger partial charge in [0, 0.05) is 44.8 Å². The molecule has 0 saturated carbocycles. The summed E-state index contributed by atoms with van der Waals surface area (Å²) in [5.74, 6) is -0.0449. The molecule has 3 aliphatic heterocycles. The lowest BCUT2D eigenvalue weighted by atomic mass is 10.1. The standard InChI is InChI=1S/C19H28FN3/c1-15-12-22-10-4-5-17(22)14-23(15)13-16-6-7-19(18(20)11-16)21-8-2-3-9-21/h6-7,11,15,17H,2-5,8-10,12-14H2,1H3/t15-,17+/m1/s1. The number of halogens is 1. The summed E-state index contributed by atoms with van der Waals surface area (Å²) in [5.41, 5.74) is 1.91. The maximum atomic E-state index is 14.5. The van der Waals surface area contributed by atoms with Gasteiger partial charge in [0.15, 0.2) is 0 Å². The molecule has 3 heterocycles. The highest BCUT2D eigenvalue weighted by Crippen LogP contribution is 2.28. The molecule has 0 amide bonds. The molecule has 0 unspecified atom stereocenters. The number of benzene rings is 1. The summed E-state index contributed by atoms with van der Waals surface area (Å²) in [6.45, 7) is 8.75. The van der Waals surface area contributed by atoms with Crippen molar-refractivity contribution < 1.29 is 4.39 Å². The van der Waals surface area contributed by atoms with Crippen LogP contribution in [0.5, 0.6) is 0 Å². The molecule has 3 aliphatic rings. The van der Waals surface area contributed by atoms with Crippen molar-refractivity contribution in [2.75, 3.05) is 37.6 Å². The van der Waals surface area contributed by atoms with Crippen LogP contribution in [0.3, 0.4) is 0 Å². The molecule has 3 fully saturated rings. The molecule has 0 N–H and O–H groups in total. The number of fused-ring (bicyclic) bond motifs is 1. The number of rotatable bonds is 3. The fourth-order valence-corrected chi connectivity index (χ4v) is 4.57. The number of nitrogens with zero attached hydrogens (tertiary/aromatic N) is 3. The summed E-state index contributed by atoms with van der Waals surface area (Å²) < 4.78 is 14.5. The Morgan fingerprint density at radius 2 is 1.91 bits per heavy atom. The molecule has 126 valence electrons. The second kappa shape index (κ2) is 6.40. The van der Waals surface area contributed by atoms with Gasteiger partial charge < -0.3 is 4.90 Å². The lowest BCUT2D eigenvalue weighted by molar-refractivity contribution is 0.0540. The van der Waals surface area contributed by atoms with Crippen LogP contribution in [-0.4, -0.2) is 54.6 Å². The quantitative estimate of drug-likeness (QED) is 0.848. The van der Waals surface area contributed by atoms with E-state index in [0.29, 0.717) is 6.04 Å². The Hall–Kier alpha value is -1.13. The summed E-state index contributed by atoms with van der Waals surface area (Å²) in [5, 5.41) is 0. The van der Waals surface area contributed by atoms with Gasteiger partial charge in [-0.1, -0.05) is 6.07 Å². The van der Waals surface area contributed by atoms with E-state index in [9.17, 15) is 4.39 Å². The smallest absolute Gasteiger partial charge is 0.146 e. The number of piperazine rings is 1. The van der Waals surface area contributed by atoms with Crippen molar-refractivity contribution in [3.63, 3.8) is 0 Å². The van der Waals surface area contributed by atoms with Gasteiger partial charge >= 0.3 is 0 Å². The summed E-state index contributed by atoms with van der Waals surface area (Å²) >= 11 is 0. The van der Waals surface area contributed by atoms with Crippen LogP contribution in [0.2, 0.25) is 0 Å². The Morgan fingerprint density at radius 3 is 2.70 bits per heavy atom. The summed E-state index contributed by atoms with van der Waals surface area (Å²) in [4.78, 5) is 7.36. The van der Waals surface area contributed by atoms with Crippen molar-refractivity contribution in [3.05, 3.63) is 29.6 Å². The molecule has 0 aromatic heterocycles. The van der Waals surface area contributed by atoms with Gasteiger partial charge in [-0.15, -0.1) is 0 Å². The van der Waals surface area contributed by atoms with Crippen LogP contribution in [0.1, 0.15) is 38.2 Å². The number of anilines is 1. The van der Waals surface area contributed by atoms with E-state index in [1.807, 2.05) is 6.07 Å². The summed E-state index contributed by atoms with van der Waals surface area (Å²) in [7, 11) is 0. The predicted octanol–water partition coefficient (Wildman–Crippen LogP) is 3.09. The van der Waals surface area contributed by atoms with Crippen molar-refractivity contribution in [1.29, 1.82) is 0 Å². The first-order chi connectivity index (χ1) is 11.2. The third-order valence-corrected chi connectivity index (χ3v) is 5.91. The molecule has 0 aliphatic carbocycles. The van der Waals surface area contributed by atoms with Crippen LogP contribution in [0, 0.1) is 5.82 Å². The molecule has 0 spiro atoms. The van der Waals surface area contributed by atoms with Crippen molar-refractivity contribution in [2.45, 2.75) is 51.2 Å². The van der Waals surface area contributed by atoms with E-state index in [4.69, 9.17) is 0 Å². The number of hydrogen-bond acceptors (Lipinski definition) is 3. The van der Waals surface area contributed by atoms with Crippen LogP contribution in [0.15, 0.2) is 18.2 Å². The monoisotopic (exact) mass is 317 g/mol. The minimum Gasteiger partial charge on any atom is -0.369 e. The highest BCUT2D eigenvalue weighted by atomic mass is 19.1. The first-order valence-corrected chi connectivity index (χ1v) is 9.22. The Balaban J connectivity index is 1.45. The molecule has 3 saturated heterocycles. The van der Waals surface area contributed by atoms with Crippen LogP contribution < -0.4 is 4.90 Å². The minimum atomic E-state index is -0.0449. The van der Waals surface area contributed by atoms with E-state index in [2.05, 4.69) is 27.7 Å². The Labute approximate surface area is 139 Å². The molecule has 2 atom stereocenters. The second-order valence-electron chi connectivity index (χ2n) is 7.55. The van der Waals surface area contributed by atoms with Crippen molar-refractivity contribution in [1.82, 2.24) is 9.80 Å². The van der Waals surface area contributed by atoms with Gasteiger partial charge in [-0.2, -0.15) is 0 Å². The highest BCUT2D eigenvalue weighted by molar-refractivity contribution is 5.49. The van der Waals surface area contributed by atoms with Crippen molar-refractivity contribution in [2.24, 2.45) is 0 Å². The molecule has 23 heavy (non-hydrogen) atoms. The van der Waals surface area contributed by atoms with Crippen LogP contribution in [-0.2, 0) is 6.54 Å². The first kappa shape index (κ1) is 15.4. The topological polar surface area (TPSA) is 9.72 Å². The zero-order valence-corrected chi connectivity index (χ0v) is 14.2. The van der Waals surface area contributed by atoms with Gasteiger partial charge in [0.05, 0.1) is 5.69 Å². The molecule has 0 radical (unpaired) electrons. The zero-order valence-electron chi connectivity index (χ0n) is 14.2. The van der Waals surface area contributed by atoms with Gasteiger partial charge in [0.2, 0.25) is 0 Å². The molecule has 1 aromatic rings. The van der Waals surface area contributed by atoms with Crippen LogP contribution in [0.4, 0.5) is 10.1 Å². The van der Waals surface area contributed by atoms with E-state index < -0.39 is 0 Å². The van der Waals surface area contributed by atoms with Crippen LogP contribution >= 0.6 is 0 Å². The molecule has 1 aromatic carbocycles. The minimum absolute atomic E-state index is 0.0449. The average Bonchev–Trinajstić information content (AvgIpc) is 3.19. The molecule has 0 bridgehead atoms. The van der Waals surface area contributed by atoms with Gasteiger partial charge in [0.25, 0.3) is 0 Å². The average molecular weight is 317 g/mol. The highest BCUT2D eigenvalue weighted by Gasteiger charge is 2.34. The molecule has 4 heteroatoms. The number of hydrogen-bond donors (Lipinski definition) is 0. The largest absolute Gasteiger partial charge is 0.369 e. The van der Waals surface area contributed by atoms with Crippen molar-refractivity contribution >= 4 is 5.69 Å². The van der Waals surface area contributed by atoms with Crippen LogP contribution in [0.25, 0.3) is 0 Å². The van der Waals surface area contributed by atoms with E-state index in [1.165, 1.54) is 38.8 Å². The van der Waals surface area contributed by atoms with Gasteiger partial charge in [-0.05, 0) is 56.8 Å². The van der Waals surface area contributed by atoms with Gasteiger partial charge in [0.1, 0.15) is 5.82 Å². The third kappa shape index (κ3) is 3.11. The van der Waals surface area contributed by atoms with Crippen molar-refractivity contribution in [3.8, 4) is 0 Å². The molecule has 4 rings (SSSR count). The Bertz CT molecular complexity index is 556. The van der Waals surface area contributed by atoms with E-state index in [-0.39, 0.29) is 5.82 Å². The maximum absolute atomic E-state index is 14.5. The fourth-order valence-electron chi connectivity index (χ4n) is 4.57. The maximum Gasteiger partial charge on any atom is 0.146 e. The second-order valence-corrected chi connectivity index (χ2v) is 7.55. The Morgan fingerprint density at radius 1 is 1.09 bits per heavy atom. The van der Waals surface area contributed by atoms with E-state index >= 15 is 0 Å². The Kier molecular flexibility index (Phi) is 4.29. The molecular formula is C19H28FN3. The molecular weight excluding hydrogens is 289 g/mol. The van der Waals surface area contributed by atoms with E-state index in [1.54, 1.807) is 6.07 Å². The normalized spacial score (nSPS) is 29.2.